The van der Waals surface area contributed by atoms with Gasteiger partial charge in [-0.05, 0) is 55.6 Å². The van der Waals surface area contributed by atoms with Crippen LogP contribution in [0.5, 0.6) is 0 Å². The van der Waals surface area contributed by atoms with Gasteiger partial charge in [0.05, 0.1) is 17.1 Å². The van der Waals surface area contributed by atoms with Crippen LogP contribution in [0, 0.1) is 6.92 Å². The number of anilines is 1. The van der Waals surface area contributed by atoms with Crippen molar-refractivity contribution < 1.29 is 4.79 Å². The number of benzene rings is 2. The average molecular weight is 377 g/mol. The van der Waals surface area contributed by atoms with Gasteiger partial charge in [-0.15, -0.1) is 0 Å². The minimum atomic E-state index is -0.144. The number of aryl methyl sites for hydroxylation is 2. The van der Waals surface area contributed by atoms with Gasteiger partial charge < -0.3 is 9.88 Å². The second-order valence-electron chi connectivity index (χ2n) is 7.56. The Morgan fingerprint density at radius 1 is 1.18 bits per heavy atom. The summed E-state index contributed by atoms with van der Waals surface area (Å²) in [5, 5.41) is 3.13. The molecule has 3 aromatic rings. The molecule has 2 aromatic carbocycles. The zero-order valence-corrected chi connectivity index (χ0v) is 16.9. The summed E-state index contributed by atoms with van der Waals surface area (Å²) in [4.78, 5) is 20.0. The summed E-state index contributed by atoms with van der Waals surface area (Å²) in [5.74, 6) is 1.07. The molecular weight excluding hydrogens is 348 g/mol. The van der Waals surface area contributed by atoms with E-state index in [1.54, 1.807) is 0 Å². The smallest absolute Gasteiger partial charge is 0.242 e. The lowest BCUT2D eigenvalue weighted by atomic mass is 9.93. The number of hydrogen-bond donors (Lipinski definition) is 1. The number of carbonyl (C=O) groups excluding carboxylic acids is 1. The molecule has 0 bridgehead atoms. The molecule has 0 spiro atoms. The van der Waals surface area contributed by atoms with E-state index in [1.807, 2.05) is 19.1 Å². The SMILES string of the molecule is CCCn1c(C)nc2cc(NC(=O)C3Cc4ccccc4CN3CC)ccc21. The maximum absolute atomic E-state index is 13.1. The fourth-order valence-electron chi connectivity index (χ4n) is 4.23. The predicted molar refractivity (Wildman–Crippen MR) is 113 cm³/mol. The second-order valence-corrected chi connectivity index (χ2v) is 7.56. The number of hydrogen-bond acceptors (Lipinski definition) is 3. The fourth-order valence-corrected chi connectivity index (χ4v) is 4.23. The van der Waals surface area contributed by atoms with Crippen molar-refractivity contribution >= 4 is 22.6 Å². The van der Waals surface area contributed by atoms with E-state index in [2.05, 4.69) is 63.9 Å². The van der Waals surface area contributed by atoms with Gasteiger partial charge in [0, 0.05) is 18.8 Å². The Kier molecular flexibility index (Phi) is 5.18. The molecule has 0 aliphatic carbocycles. The third-order valence-corrected chi connectivity index (χ3v) is 5.71. The highest BCUT2D eigenvalue weighted by Gasteiger charge is 2.30. The highest BCUT2D eigenvalue weighted by molar-refractivity contribution is 5.96. The molecule has 5 nitrogen and oxygen atoms in total. The Morgan fingerprint density at radius 2 is 1.96 bits per heavy atom. The van der Waals surface area contributed by atoms with Crippen molar-refractivity contribution in [3.63, 3.8) is 0 Å². The number of nitrogens with zero attached hydrogens (tertiary/aromatic N) is 3. The number of carbonyl (C=O) groups is 1. The number of nitrogens with one attached hydrogen (secondary N) is 1. The predicted octanol–water partition coefficient (Wildman–Crippen LogP) is 4.14. The molecule has 1 aliphatic rings. The van der Waals surface area contributed by atoms with Crippen molar-refractivity contribution in [3.8, 4) is 0 Å². The first-order chi connectivity index (χ1) is 13.6. The number of fused-ring (bicyclic) bond motifs is 2. The van der Waals surface area contributed by atoms with Crippen molar-refractivity contribution in [3.05, 3.63) is 59.4 Å². The number of likely N-dealkylation sites (N-methyl/N-ethyl adjacent to an activating group) is 1. The molecule has 1 unspecified atom stereocenters. The summed E-state index contributed by atoms with van der Waals surface area (Å²) in [7, 11) is 0. The topological polar surface area (TPSA) is 50.2 Å². The van der Waals surface area contributed by atoms with E-state index in [1.165, 1.54) is 11.1 Å². The summed E-state index contributed by atoms with van der Waals surface area (Å²) >= 11 is 0. The summed E-state index contributed by atoms with van der Waals surface area (Å²) in [6, 6.07) is 14.3. The molecule has 0 radical (unpaired) electrons. The normalized spacial score (nSPS) is 16.9. The first-order valence-electron chi connectivity index (χ1n) is 10.2. The van der Waals surface area contributed by atoms with Crippen LogP contribution in [0.1, 0.15) is 37.2 Å². The summed E-state index contributed by atoms with van der Waals surface area (Å²) in [6.45, 7) is 8.95. The minimum Gasteiger partial charge on any atom is -0.328 e. The van der Waals surface area contributed by atoms with E-state index in [4.69, 9.17) is 0 Å². The monoisotopic (exact) mass is 376 g/mol. The van der Waals surface area contributed by atoms with Gasteiger partial charge in [0.1, 0.15) is 5.82 Å². The molecule has 1 N–H and O–H groups in total. The van der Waals surface area contributed by atoms with E-state index in [0.717, 1.165) is 55.0 Å². The first-order valence-corrected chi connectivity index (χ1v) is 10.2. The van der Waals surface area contributed by atoms with Crippen molar-refractivity contribution in [2.75, 3.05) is 11.9 Å². The van der Waals surface area contributed by atoms with Crippen LogP contribution in [0.25, 0.3) is 11.0 Å². The van der Waals surface area contributed by atoms with E-state index in [0.29, 0.717) is 0 Å². The lowest BCUT2D eigenvalue weighted by Gasteiger charge is -2.35. The Morgan fingerprint density at radius 3 is 2.71 bits per heavy atom. The van der Waals surface area contributed by atoms with E-state index >= 15 is 0 Å². The Hall–Kier alpha value is -2.66. The second kappa shape index (κ2) is 7.76. The standard InChI is InChI=1S/C23H28N4O/c1-4-12-27-16(3)24-20-14-19(10-11-21(20)27)25-23(28)22-13-17-8-6-7-9-18(17)15-26(22)5-2/h6-11,14,22H,4-5,12-13,15H2,1-3H3,(H,25,28). The van der Waals surface area contributed by atoms with Gasteiger partial charge in [-0.3, -0.25) is 9.69 Å². The van der Waals surface area contributed by atoms with Crippen LogP contribution in [-0.2, 0) is 24.3 Å². The quantitative estimate of drug-likeness (QED) is 0.728. The zero-order chi connectivity index (χ0) is 19.7. The Bertz CT molecular complexity index is 1010. The van der Waals surface area contributed by atoms with Crippen molar-refractivity contribution in [1.82, 2.24) is 14.5 Å². The molecular formula is C23H28N4O. The lowest BCUT2D eigenvalue weighted by molar-refractivity contribution is -0.121. The number of rotatable bonds is 5. The zero-order valence-electron chi connectivity index (χ0n) is 16.9. The van der Waals surface area contributed by atoms with Gasteiger partial charge in [-0.2, -0.15) is 0 Å². The molecule has 2 heterocycles. The van der Waals surface area contributed by atoms with Gasteiger partial charge in [0.2, 0.25) is 5.91 Å². The van der Waals surface area contributed by atoms with Crippen LogP contribution in [0.3, 0.4) is 0 Å². The largest absolute Gasteiger partial charge is 0.328 e. The van der Waals surface area contributed by atoms with Crippen LogP contribution in [0.15, 0.2) is 42.5 Å². The number of aromatic nitrogens is 2. The molecule has 0 fully saturated rings. The highest BCUT2D eigenvalue weighted by Crippen LogP contribution is 2.25. The van der Waals surface area contributed by atoms with Crippen molar-refractivity contribution in [2.24, 2.45) is 0 Å². The van der Waals surface area contributed by atoms with Crippen LogP contribution >= 0.6 is 0 Å². The molecule has 1 aliphatic heterocycles. The van der Waals surface area contributed by atoms with E-state index in [9.17, 15) is 4.79 Å². The maximum atomic E-state index is 13.1. The molecule has 1 atom stereocenters. The molecule has 1 amide bonds. The van der Waals surface area contributed by atoms with Crippen molar-refractivity contribution in [2.45, 2.75) is 52.7 Å². The van der Waals surface area contributed by atoms with E-state index in [-0.39, 0.29) is 11.9 Å². The van der Waals surface area contributed by atoms with Crippen LogP contribution in [0.4, 0.5) is 5.69 Å². The molecule has 4 rings (SSSR count). The van der Waals surface area contributed by atoms with Gasteiger partial charge >= 0.3 is 0 Å². The Labute approximate surface area is 166 Å². The average Bonchev–Trinajstić information content (AvgIpc) is 3.01. The highest BCUT2D eigenvalue weighted by atomic mass is 16.2. The number of imidazole rings is 1. The maximum Gasteiger partial charge on any atom is 0.242 e. The number of amides is 1. The third kappa shape index (κ3) is 3.42. The minimum absolute atomic E-state index is 0.0559. The van der Waals surface area contributed by atoms with Crippen LogP contribution in [0.2, 0.25) is 0 Å². The van der Waals surface area contributed by atoms with Crippen LogP contribution in [-0.4, -0.2) is 32.9 Å². The van der Waals surface area contributed by atoms with Gasteiger partial charge in [-0.1, -0.05) is 38.1 Å². The molecule has 1 aromatic heterocycles. The first kappa shape index (κ1) is 18.7. The molecule has 5 heteroatoms. The summed E-state index contributed by atoms with van der Waals surface area (Å²) < 4.78 is 2.23. The molecule has 0 saturated heterocycles. The fraction of sp³-hybridized carbons (Fsp3) is 0.391. The lowest BCUT2D eigenvalue weighted by Crippen LogP contribution is -2.47. The van der Waals surface area contributed by atoms with Gasteiger partial charge in [0.15, 0.2) is 0 Å². The van der Waals surface area contributed by atoms with Crippen LogP contribution < -0.4 is 5.32 Å². The molecule has 146 valence electrons. The third-order valence-electron chi connectivity index (χ3n) is 5.71. The molecule has 0 saturated carbocycles. The molecule has 28 heavy (non-hydrogen) atoms. The Balaban J connectivity index is 1.56. The van der Waals surface area contributed by atoms with E-state index < -0.39 is 0 Å². The summed E-state index contributed by atoms with van der Waals surface area (Å²) in [5.41, 5.74) is 5.47. The summed E-state index contributed by atoms with van der Waals surface area (Å²) in [6.07, 6.45) is 1.82. The van der Waals surface area contributed by atoms with Crippen molar-refractivity contribution in [1.29, 1.82) is 0 Å². The van der Waals surface area contributed by atoms with Gasteiger partial charge in [0.25, 0.3) is 0 Å². The van der Waals surface area contributed by atoms with Gasteiger partial charge in [-0.25, -0.2) is 4.98 Å².